The predicted octanol–water partition coefficient (Wildman–Crippen LogP) is 3.04. The van der Waals surface area contributed by atoms with Gasteiger partial charge in [-0.25, -0.2) is 0 Å². The van der Waals surface area contributed by atoms with Crippen LogP contribution in [0, 0.1) is 5.92 Å². The van der Waals surface area contributed by atoms with Crippen LogP contribution in [0.4, 0.5) is 0 Å². The highest BCUT2D eigenvalue weighted by Crippen LogP contribution is 2.32. The first-order chi connectivity index (χ1) is 11.0. The molecule has 2 atom stereocenters. The fourth-order valence-electron chi connectivity index (χ4n) is 3.20. The van der Waals surface area contributed by atoms with Gasteiger partial charge >= 0.3 is 0 Å². The fourth-order valence-corrected chi connectivity index (χ4v) is 3.20. The first kappa shape index (κ1) is 20.6. The van der Waals surface area contributed by atoms with Crippen LogP contribution in [0.2, 0.25) is 0 Å². The van der Waals surface area contributed by atoms with E-state index in [1.165, 1.54) is 0 Å². The van der Waals surface area contributed by atoms with Crippen molar-refractivity contribution in [3.63, 3.8) is 0 Å². The third-order valence-electron chi connectivity index (χ3n) is 4.57. The maximum atomic E-state index is 12.5. The number of carbonyl (C=O) groups is 1. The quantitative estimate of drug-likeness (QED) is 0.821. The van der Waals surface area contributed by atoms with Gasteiger partial charge in [0, 0.05) is 12.1 Å². The van der Waals surface area contributed by atoms with Crippen molar-refractivity contribution in [2.24, 2.45) is 11.7 Å². The van der Waals surface area contributed by atoms with Gasteiger partial charge in [0.25, 0.3) is 0 Å². The molecule has 1 aliphatic rings. The molecule has 1 saturated carbocycles. The van der Waals surface area contributed by atoms with E-state index in [0.29, 0.717) is 24.7 Å². The van der Waals surface area contributed by atoms with Gasteiger partial charge in [0.2, 0.25) is 5.91 Å². The minimum absolute atomic E-state index is 0. The van der Waals surface area contributed by atoms with Crippen molar-refractivity contribution in [3.05, 3.63) is 23.8 Å². The maximum absolute atomic E-state index is 12.5. The number of nitrogens with two attached hydrogens (primary N) is 1. The summed E-state index contributed by atoms with van der Waals surface area (Å²) in [5.41, 5.74) is 6.87. The molecule has 0 spiro atoms. The molecule has 0 bridgehead atoms. The lowest BCUT2D eigenvalue weighted by Gasteiger charge is -2.37. The molecule has 0 aliphatic heterocycles. The summed E-state index contributed by atoms with van der Waals surface area (Å²) < 4.78 is 10.8. The van der Waals surface area contributed by atoms with Gasteiger partial charge in [0.15, 0.2) is 11.5 Å². The van der Waals surface area contributed by atoms with Crippen LogP contribution in [-0.2, 0) is 11.3 Å². The Morgan fingerprint density at radius 1 is 1.38 bits per heavy atom. The number of hydrogen-bond donors (Lipinski definition) is 2. The number of methoxy groups -OCH3 is 1. The fraction of sp³-hybridized carbons (Fsp3) is 0.611. The summed E-state index contributed by atoms with van der Waals surface area (Å²) in [7, 11) is 1.61. The Labute approximate surface area is 150 Å². The van der Waals surface area contributed by atoms with Gasteiger partial charge < -0.3 is 20.5 Å². The Bertz CT molecular complexity index is 549. The third-order valence-corrected chi connectivity index (χ3v) is 4.57. The van der Waals surface area contributed by atoms with Crippen molar-refractivity contribution in [3.8, 4) is 11.5 Å². The number of benzene rings is 1. The Kier molecular flexibility index (Phi) is 7.84. The molecule has 0 aromatic heterocycles. The van der Waals surface area contributed by atoms with Gasteiger partial charge in [0.1, 0.15) is 0 Å². The summed E-state index contributed by atoms with van der Waals surface area (Å²) in [6.07, 6.45) is 3.95. The van der Waals surface area contributed by atoms with Crippen molar-refractivity contribution in [1.29, 1.82) is 0 Å². The van der Waals surface area contributed by atoms with Crippen LogP contribution in [0.1, 0.15) is 45.1 Å². The van der Waals surface area contributed by atoms with E-state index >= 15 is 0 Å². The Balaban J connectivity index is 0.00000288. The van der Waals surface area contributed by atoms with Crippen molar-refractivity contribution >= 4 is 18.3 Å². The molecule has 3 N–H and O–H groups in total. The average molecular weight is 357 g/mol. The molecule has 1 aromatic carbocycles. The average Bonchev–Trinajstić information content (AvgIpc) is 2.53. The Morgan fingerprint density at radius 3 is 2.75 bits per heavy atom. The smallest absolute Gasteiger partial charge is 0.225 e. The zero-order valence-electron chi connectivity index (χ0n) is 14.8. The highest BCUT2D eigenvalue weighted by molar-refractivity contribution is 5.85. The molecule has 1 aliphatic carbocycles. The number of ether oxygens (including phenoxy) is 2. The Morgan fingerprint density at radius 2 is 2.12 bits per heavy atom. The summed E-state index contributed by atoms with van der Waals surface area (Å²) >= 11 is 0. The van der Waals surface area contributed by atoms with E-state index in [4.69, 9.17) is 15.2 Å². The first-order valence-corrected chi connectivity index (χ1v) is 8.34. The maximum Gasteiger partial charge on any atom is 0.225 e. The van der Waals surface area contributed by atoms with E-state index in [-0.39, 0.29) is 24.2 Å². The van der Waals surface area contributed by atoms with Crippen LogP contribution in [0.25, 0.3) is 0 Å². The van der Waals surface area contributed by atoms with Gasteiger partial charge in [0.05, 0.1) is 19.6 Å². The van der Waals surface area contributed by atoms with Crippen LogP contribution in [0.15, 0.2) is 18.2 Å². The number of amides is 1. The van der Waals surface area contributed by atoms with Crippen LogP contribution in [-0.4, -0.2) is 25.2 Å². The minimum Gasteiger partial charge on any atom is -0.493 e. The lowest BCUT2D eigenvalue weighted by atomic mass is 9.74. The number of carbonyl (C=O) groups excluding carboxylic acids is 1. The van der Waals surface area contributed by atoms with Gasteiger partial charge in [-0.2, -0.15) is 0 Å². The first-order valence-electron chi connectivity index (χ1n) is 8.34. The molecule has 136 valence electrons. The van der Waals surface area contributed by atoms with E-state index in [2.05, 4.69) is 5.32 Å². The molecule has 0 radical (unpaired) electrons. The van der Waals surface area contributed by atoms with Crippen molar-refractivity contribution < 1.29 is 14.3 Å². The standard InChI is InChI=1S/C18H28N2O3.ClH/c1-4-23-15-9-8-13(11-16(15)22-3)12-20-17(21)14-7-5-6-10-18(14,2)19;/h8-9,11,14H,4-7,10,12,19H2,1-3H3,(H,20,21);1H. The Hall–Kier alpha value is -1.46. The van der Waals surface area contributed by atoms with Gasteiger partial charge in [-0.1, -0.05) is 18.9 Å². The molecular formula is C18H29ClN2O3. The summed E-state index contributed by atoms with van der Waals surface area (Å²) in [4.78, 5) is 12.5. The van der Waals surface area contributed by atoms with Crippen molar-refractivity contribution in [1.82, 2.24) is 5.32 Å². The third kappa shape index (κ3) is 5.02. The summed E-state index contributed by atoms with van der Waals surface area (Å²) in [5.74, 6) is 1.33. The monoisotopic (exact) mass is 356 g/mol. The van der Waals surface area contributed by atoms with Crippen molar-refractivity contribution in [2.45, 2.75) is 51.6 Å². The van der Waals surface area contributed by atoms with Crippen molar-refractivity contribution in [2.75, 3.05) is 13.7 Å². The lowest BCUT2D eigenvalue weighted by Crippen LogP contribution is -2.52. The highest BCUT2D eigenvalue weighted by atomic mass is 35.5. The topological polar surface area (TPSA) is 73.6 Å². The van der Waals surface area contributed by atoms with E-state index in [9.17, 15) is 4.79 Å². The van der Waals surface area contributed by atoms with Crippen LogP contribution in [0.3, 0.4) is 0 Å². The summed E-state index contributed by atoms with van der Waals surface area (Å²) in [6.45, 7) is 4.97. The van der Waals surface area contributed by atoms with Gasteiger partial charge in [-0.05, 0) is 44.4 Å². The second kappa shape index (κ2) is 9.14. The van der Waals surface area contributed by atoms with Crippen LogP contribution in [0.5, 0.6) is 11.5 Å². The lowest BCUT2D eigenvalue weighted by molar-refractivity contribution is -0.128. The van der Waals surface area contributed by atoms with Gasteiger partial charge in [-0.3, -0.25) is 4.79 Å². The molecule has 6 heteroatoms. The molecule has 1 amide bonds. The molecule has 2 rings (SSSR count). The molecule has 0 heterocycles. The number of rotatable bonds is 6. The normalized spacial score (nSPS) is 23.1. The zero-order valence-corrected chi connectivity index (χ0v) is 15.6. The molecule has 5 nitrogen and oxygen atoms in total. The van der Waals surface area contributed by atoms with Crippen LogP contribution >= 0.6 is 12.4 Å². The second-order valence-electron chi connectivity index (χ2n) is 6.44. The summed E-state index contributed by atoms with van der Waals surface area (Å²) in [5, 5.41) is 3.01. The van der Waals surface area contributed by atoms with E-state index < -0.39 is 5.54 Å². The number of halogens is 1. The second-order valence-corrected chi connectivity index (χ2v) is 6.44. The van der Waals surface area contributed by atoms with E-state index in [0.717, 1.165) is 31.2 Å². The van der Waals surface area contributed by atoms with Crippen LogP contribution < -0.4 is 20.5 Å². The predicted molar refractivity (Wildman–Crippen MR) is 97.8 cm³/mol. The molecule has 2 unspecified atom stereocenters. The highest BCUT2D eigenvalue weighted by Gasteiger charge is 2.37. The zero-order chi connectivity index (χ0) is 16.9. The summed E-state index contributed by atoms with van der Waals surface area (Å²) in [6, 6.07) is 5.71. The van der Waals surface area contributed by atoms with Gasteiger partial charge in [-0.15, -0.1) is 12.4 Å². The molecule has 0 saturated heterocycles. The van der Waals surface area contributed by atoms with E-state index in [1.807, 2.05) is 32.0 Å². The number of hydrogen-bond acceptors (Lipinski definition) is 4. The van der Waals surface area contributed by atoms with E-state index in [1.54, 1.807) is 7.11 Å². The molecule has 1 fully saturated rings. The molecular weight excluding hydrogens is 328 g/mol. The molecule has 1 aromatic rings. The minimum atomic E-state index is -0.404. The largest absolute Gasteiger partial charge is 0.493 e. The molecule has 24 heavy (non-hydrogen) atoms. The number of nitrogens with one attached hydrogen (secondary N) is 1. The SMILES string of the molecule is CCOc1ccc(CNC(=O)C2CCCCC2(C)N)cc1OC.Cl.